The molecule has 3 rings (SSSR count). The van der Waals surface area contributed by atoms with Crippen LogP contribution in [0.3, 0.4) is 0 Å². The van der Waals surface area contributed by atoms with Gasteiger partial charge in [-0.15, -0.1) is 0 Å². The van der Waals surface area contributed by atoms with Crippen LogP contribution in [0.2, 0.25) is 0 Å². The maximum Gasteiger partial charge on any atom is 0.310 e. The number of carboxylic acid groups (broad SMARTS) is 1. The van der Waals surface area contributed by atoms with Crippen molar-refractivity contribution in [3.63, 3.8) is 0 Å². The molecule has 0 aliphatic carbocycles. The number of benzene rings is 2. The second-order valence-electron chi connectivity index (χ2n) is 11.3. The molecule has 8 nitrogen and oxygen atoms in total. The van der Waals surface area contributed by atoms with Gasteiger partial charge in [0, 0.05) is 46.4 Å². The van der Waals surface area contributed by atoms with Crippen molar-refractivity contribution in [2.75, 3.05) is 5.32 Å². The molecule has 0 bridgehead atoms. The van der Waals surface area contributed by atoms with Gasteiger partial charge in [0.15, 0.2) is 0 Å². The van der Waals surface area contributed by atoms with Gasteiger partial charge in [-0.25, -0.2) is 13.8 Å². The Balaban J connectivity index is 1.99. The predicted molar refractivity (Wildman–Crippen MR) is 165 cm³/mol. The normalized spacial score (nSPS) is 14.0. The van der Waals surface area contributed by atoms with Gasteiger partial charge >= 0.3 is 5.97 Å². The number of aliphatic carboxylic acids is 1. The Morgan fingerprint density at radius 3 is 2.44 bits per heavy atom. The number of carbonyl (C=O) groups is 2. The molecule has 226 valence electrons. The number of carboxylic acids is 1. The molecule has 10 heteroatoms. The van der Waals surface area contributed by atoms with E-state index in [-0.39, 0.29) is 24.7 Å². The average Bonchev–Trinajstić information content (AvgIpc) is 3.40. The molecule has 0 amide bonds. The van der Waals surface area contributed by atoms with Crippen molar-refractivity contribution in [3.05, 3.63) is 113 Å². The van der Waals surface area contributed by atoms with E-state index in [1.165, 1.54) is 29.1 Å². The van der Waals surface area contributed by atoms with Gasteiger partial charge in [0.1, 0.15) is 23.7 Å². The number of halogens is 2. The number of anilines is 1. The standard InChI is InChI=1S/C33H37F2N5O3/c1-20(2)29(33(7,19-41)24-16-38-40(17-24)18-32(5,6)31(42)43)30(36)39-22(4)21(3)26-13-12-25(34)14-28(26)37-15-23-10-8-9-11-27(23)35/h8-14,16-17,19,37H,1,3,15,18,36H2,2,4-7H3,(H,42,43)/b30-29+,39-22+. The molecule has 2 aromatic carbocycles. The Morgan fingerprint density at radius 2 is 1.84 bits per heavy atom. The molecule has 0 aliphatic heterocycles. The first-order chi connectivity index (χ1) is 20.1. The SMILES string of the molecule is C=C(C)/C(=C(N)\N=C(/C)C(=C)c1ccc(F)cc1NCc1ccccc1F)C(C)(C=O)c1cnn(CC(C)(C)C(=O)O)c1. The Bertz CT molecular complexity index is 1640. The summed E-state index contributed by atoms with van der Waals surface area (Å²) in [5.74, 6) is -1.84. The number of nitrogens with two attached hydrogens (primary N) is 1. The van der Waals surface area contributed by atoms with Gasteiger partial charge in [-0.2, -0.15) is 5.10 Å². The summed E-state index contributed by atoms with van der Waals surface area (Å²) in [4.78, 5) is 28.8. The lowest BCUT2D eigenvalue weighted by Gasteiger charge is -2.27. The number of hydrogen-bond acceptors (Lipinski definition) is 6. The average molecular weight is 590 g/mol. The molecule has 4 N–H and O–H groups in total. The van der Waals surface area contributed by atoms with E-state index in [1.807, 2.05) is 0 Å². The number of aliphatic imine (C=N–C) groups is 1. The molecule has 0 saturated heterocycles. The van der Waals surface area contributed by atoms with Crippen molar-refractivity contribution in [1.82, 2.24) is 9.78 Å². The molecule has 0 spiro atoms. The quantitative estimate of drug-likeness (QED) is 0.123. The van der Waals surface area contributed by atoms with Crippen LogP contribution in [0, 0.1) is 17.0 Å². The Hall–Kier alpha value is -4.86. The Morgan fingerprint density at radius 1 is 1.16 bits per heavy atom. The zero-order chi connectivity index (χ0) is 32.1. The number of carbonyl (C=O) groups excluding carboxylic acids is 1. The summed E-state index contributed by atoms with van der Waals surface area (Å²) in [5.41, 5.74) is 7.58. The highest BCUT2D eigenvalue weighted by Crippen LogP contribution is 2.36. The maximum atomic E-state index is 14.2. The number of nitrogens with one attached hydrogen (secondary N) is 1. The smallest absolute Gasteiger partial charge is 0.310 e. The highest BCUT2D eigenvalue weighted by molar-refractivity contribution is 6.23. The van der Waals surface area contributed by atoms with Gasteiger partial charge in [-0.1, -0.05) is 36.9 Å². The van der Waals surface area contributed by atoms with Crippen LogP contribution >= 0.6 is 0 Å². The molecule has 3 aromatic rings. The molecule has 1 aromatic heterocycles. The van der Waals surface area contributed by atoms with E-state index in [2.05, 4.69) is 28.6 Å². The third-order valence-corrected chi connectivity index (χ3v) is 7.27. The molecular formula is C33H37F2N5O3. The summed E-state index contributed by atoms with van der Waals surface area (Å²) in [6, 6.07) is 10.4. The maximum absolute atomic E-state index is 14.2. The number of nitrogens with zero attached hydrogens (tertiary/aromatic N) is 3. The van der Waals surface area contributed by atoms with Crippen molar-refractivity contribution in [2.45, 2.75) is 53.1 Å². The zero-order valence-electron chi connectivity index (χ0n) is 25.0. The topological polar surface area (TPSA) is 123 Å². The van der Waals surface area contributed by atoms with E-state index in [0.29, 0.717) is 44.8 Å². The molecular weight excluding hydrogens is 552 g/mol. The summed E-state index contributed by atoms with van der Waals surface area (Å²) in [6.45, 7) is 16.6. The second kappa shape index (κ2) is 13.0. The minimum atomic E-state index is -1.31. The highest BCUT2D eigenvalue weighted by Gasteiger charge is 2.36. The summed E-state index contributed by atoms with van der Waals surface area (Å²) < 4.78 is 29.8. The number of aromatic nitrogens is 2. The molecule has 1 heterocycles. The summed E-state index contributed by atoms with van der Waals surface area (Å²) in [7, 11) is 0. The first-order valence-electron chi connectivity index (χ1n) is 13.5. The summed E-state index contributed by atoms with van der Waals surface area (Å²) in [5, 5.41) is 16.8. The van der Waals surface area contributed by atoms with E-state index in [0.717, 1.165) is 6.29 Å². The van der Waals surface area contributed by atoms with E-state index < -0.39 is 22.6 Å². The Kier molecular flexibility index (Phi) is 9.85. The van der Waals surface area contributed by atoms with Crippen molar-refractivity contribution in [1.29, 1.82) is 0 Å². The lowest BCUT2D eigenvalue weighted by atomic mass is 9.75. The van der Waals surface area contributed by atoms with E-state index >= 15 is 0 Å². The van der Waals surface area contributed by atoms with Crippen LogP contribution in [0.4, 0.5) is 14.5 Å². The van der Waals surface area contributed by atoms with Crippen molar-refractivity contribution >= 4 is 29.2 Å². The van der Waals surface area contributed by atoms with Crippen molar-refractivity contribution < 1.29 is 23.5 Å². The molecule has 1 unspecified atom stereocenters. The monoisotopic (exact) mass is 589 g/mol. The summed E-state index contributed by atoms with van der Waals surface area (Å²) >= 11 is 0. The number of allylic oxidation sites excluding steroid dienone is 3. The summed E-state index contributed by atoms with van der Waals surface area (Å²) in [6.07, 6.45) is 3.82. The van der Waals surface area contributed by atoms with Crippen LogP contribution in [-0.4, -0.2) is 32.9 Å². The number of hydrogen-bond donors (Lipinski definition) is 3. The van der Waals surface area contributed by atoms with Gasteiger partial charge in [0.05, 0.1) is 23.6 Å². The molecule has 0 aliphatic rings. The highest BCUT2D eigenvalue weighted by atomic mass is 19.1. The van der Waals surface area contributed by atoms with E-state index in [9.17, 15) is 23.5 Å². The van der Waals surface area contributed by atoms with Gasteiger partial charge < -0.3 is 21.0 Å². The van der Waals surface area contributed by atoms with Crippen LogP contribution in [0.25, 0.3) is 5.57 Å². The van der Waals surface area contributed by atoms with Gasteiger partial charge in [0.25, 0.3) is 0 Å². The third kappa shape index (κ3) is 7.32. The Labute approximate surface area is 250 Å². The fraction of sp³-hybridized carbons (Fsp3) is 0.273. The molecule has 0 radical (unpaired) electrons. The lowest BCUT2D eigenvalue weighted by Crippen LogP contribution is -2.30. The third-order valence-electron chi connectivity index (χ3n) is 7.27. The fourth-order valence-corrected chi connectivity index (χ4v) is 4.65. The van der Waals surface area contributed by atoms with Crippen molar-refractivity contribution in [2.24, 2.45) is 16.1 Å². The van der Waals surface area contributed by atoms with Crippen LogP contribution < -0.4 is 11.1 Å². The van der Waals surface area contributed by atoms with Crippen LogP contribution in [0.5, 0.6) is 0 Å². The van der Waals surface area contributed by atoms with Crippen LogP contribution in [0.1, 0.15) is 51.3 Å². The second-order valence-corrected chi connectivity index (χ2v) is 11.3. The fourth-order valence-electron chi connectivity index (χ4n) is 4.65. The van der Waals surface area contributed by atoms with Crippen molar-refractivity contribution in [3.8, 4) is 0 Å². The van der Waals surface area contributed by atoms with Crippen LogP contribution in [-0.2, 0) is 28.1 Å². The minimum Gasteiger partial charge on any atom is -0.481 e. The molecule has 0 saturated carbocycles. The van der Waals surface area contributed by atoms with E-state index in [4.69, 9.17) is 5.73 Å². The number of rotatable bonds is 13. The van der Waals surface area contributed by atoms with Gasteiger partial charge in [-0.3, -0.25) is 9.48 Å². The first kappa shape index (κ1) is 32.7. The molecule has 1 atom stereocenters. The largest absolute Gasteiger partial charge is 0.481 e. The number of aldehydes is 1. The van der Waals surface area contributed by atoms with E-state index in [1.54, 1.807) is 65.1 Å². The first-order valence-corrected chi connectivity index (χ1v) is 13.5. The van der Waals surface area contributed by atoms with Crippen LogP contribution in [0.15, 0.2) is 90.0 Å². The zero-order valence-corrected chi connectivity index (χ0v) is 25.0. The molecule has 43 heavy (non-hydrogen) atoms. The minimum absolute atomic E-state index is 0.0161. The lowest BCUT2D eigenvalue weighted by molar-refractivity contribution is -0.147. The predicted octanol–water partition coefficient (Wildman–Crippen LogP) is 6.26. The van der Waals surface area contributed by atoms with Gasteiger partial charge in [0.2, 0.25) is 0 Å². The molecule has 0 fully saturated rings. The van der Waals surface area contributed by atoms with Gasteiger partial charge in [-0.05, 0) is 64.5 Å².